The van der Waals surface area contributed by atoms with Crippen LogP contribution in [0.5, 0.6) is 11.5 Å². The van der Waals surface area contributed by atoms with E-state index in [0.29, 0.717) is 10.8 Å². The van der Waals surface area contributed by atoms with E-state index in [1.807, 2.05) is 81.4 Å². The van der Waals surface area contributed by atoms with Crippen molar-refractivity contribution in [1.82, 2.24) is 9.80 Å². The number of ether oxygens (including phenoxy) is 2. The number of hydrogen-bond acceptors (Lipinski definition) is 5. The average molecular weight is 605 g/mol. The zero-order chi connectivity index (χ0) is 31.6. The van der Waals surface area contributed by atoms with Gasteiger partial charge in [0.05, 0.1) is 6.54 Å². The largest absolute Gasteiger partial charge is 0.508 e. The lowest BCUT2D eigenvalue weighted by molar-refractivity contribution is -0.123. The van der Waals surface area contributed by atoms with Crippen molar-refractivity contribution in [3.05, 3.63) is 107 Å². The molecule has 0 aromatic heterocycles. The maximum Gasteiger partial charge on any atom is 0.410 e. The number of halogens is 1. The lowest BCUT2D eigenvalue weighted by Gasteiger charge is -2.26. The van der Waals surface area contributed by atoms with Gasteiger partial charge in [0, 0.05) is 31.7 Å². The van der Waals surface area contributed by atoms with Crippen LogP contribution in [-0.4, -0.2) is 66.3 Å². The Labute approximate surface area is 260 Å². The number of phenolic OH excluding ortho intramolecular Hbond substituents is 1. The second kappa shape index (κ2) is 15.3. The number of amides is 2. The van der Waals surface area contributed by atoms with Crippen molar-refractivity contribution in [2.24, 2.45) is 0 Å². The lowest BCUT2D eigenvalue weighted by atomic mass is 9.88. The maximum absolute atomic E-state index is 12.8. The molecule has 1 N–H and O–H groups in total. The number of benzene rings is 3. The van der Waals surface area contributed by atoms with E-state index >= 15 is 0 Å². The van der Waals surface area contributed by atoms with Crippen LogP contribution in [0.1, 0.15) is 50.8 Å². The minimum atomic E-state index is -0.654. The standard InChI is InChI=1S/C35H41ClN2O5/c1-7-29(30-11-8-9-12-31(30)36)33(25-14-18-27(39)19-15-25)26-16-20-28(21-17-26)42-24-23-38(34(41)43-35(2,3)4)22-10-13-32(40)37(5)6/h8-21,39H,7,22-24H2,1-6H3/b13-10+,33-29-. The number of carbonyl (C=O) groups is 2. The van der Waals surface area contributed by atoms with E-state index in [9.17, 15) is 14.7 Å². The highest BCUT2D eigenvalue weighted by molar-refractivity contribution is 6.32. The molecular formula is C35H41ClN2O5. The molecule has 0 spiro atoms. The van der Waals surface area contributed by atoms with Gasteiger partial charge in [-0.1, -0.05) is 67.1 Å². The van der Waals surface area contributed by atoms with E-state index in [0.717, 1.165) is 34.3 Å². The second-order valence-corrected chi connectivity index (χ2v) is 11.6. The van der Waals surface area contributed by atoms with Crippen molar-refractivity contribution in [3.63, 3.8) is 0 Å². The minimum absolute atomic E-state index is 0.165. The predicted octanol–water partition coefficient (Wildman–Crippen LogP) is 7.68. The van der Waals surface area contributed by atoms with E-state index < -0.39 is 11.7 Å². The molecule has 0 aliphatic rings. The Morgan fingerprint density at radius 1 is 0.930 bits per heavy atom. The van der Waals surface area contributed by atoms with E-state index in [1.54, 1.807) is 32.3 Å². The highest BCUT2D eigenvalue weighted by atomic mass is 35.5. The summed E-state index contributed by atoms with van der Waals surface area (Å²) < 4.78 is 11.6. The van der Waals surface area contributed by atoms with E-state index in [2.05, 4.69) is 6.92 Å². The number of carbonyl (C=O) groups excluding carboxylic acids is 2. The highest BCUT2D eigenvalue weighted by Gasteiger charge is 2.22. The van der Waals surface area contributed by atoms with Gasteiger partial charge in [0.15, 0.2) is 0 Å². The first-order valence-corrected chi connectivity index (χ1v) is 14.6. The number of likely N-dealkylation sites (N-methyl/N-ethyl adjacent to an activating group) is 1. The summed E-state index contributed by atoms with van der Waals surface area (Å²) in [5.74, 6) is 0.678. The van der Waals surface area contributed by atoms with Crippen LogP contribution in [0, 0.1) is 0 Å². The van der Waals surface area contributed by atoms with Crippen molar-refractivity contribution in [2.75, 3.05) is 33.8 Å². The molecule has 3 rings (SSSR count). The SMILES string of the molecule is CC/C(=C(\c1ccc(O)cc1)c1ccc(OCCN(C/C=C/C(=O)N(C)C)C(=O)OC(C)(C)C)cc1)c1ccccc1Cl. The van der Waals surface area contributed by atoms with Crippen LogP contribution in [-0.2, 0) is 9.53 Å². The van der Waals surface area contributed by atoms with Gasteiger partial charge < -0.3 is 24.4 Å². The molecule has 3 aromatic rings. The van der Waals surface area contributed by atoms with Crippen molar-refractivity contribution < 1.29 is 24.2 Å². The van der Waals surface area contributed by atoms with E-state index in [-0.39, 0.29) is 31.4 Å². The van der Waals surface area contributed by atoms with Gasteiger partial charge in [-0.25, -0.2) is 4.79 Å². The maximum atomic E-state index is 12.8. The molecular weight excluding hydrogens is 564 g/mol. The Bertz CT molecular complexity index is 1440. The monoisotopic (exact) mass is 604 g/mol. The molecule has 2 amide bonds. The summed E-state index contributed by atoms with van der Waals surface area (Å²) in [6.45, 7) is 8.23. The number of nitrogens with zero attached hydrogens (tertiary/aromatic N) is 2. The molecule has 3 aromatic carbocycles. The predicted molar refractivity (Wildman–Crippen MR) is 173 cm³/mol. The van der Waals surface area contributed by atoms with Gasteiger partial charge in [0.1, 0.15) is 23.7 Å². The van der Waals surface area contributed by atoms with Crippen molar-refractivity contribution >= 4 is 34.7 Å². The summed E-state index contributed by atoms with van der Waals surface area (Å²) in [5, 5.41) is 10.6. The van der Waals surface area contributed by atoms with Crippen molar-refractivity contribution in [3.8, 4) is 11.5 Å². The normalized spacial score (nSPS) is 12.1. The van der Waals surface area contributed by atoms with Crippen LogP contribution in [0.15, 0.2) is 84.9 Å². The third-order valence-corrected chi connectivity index (χ3v) is 6.79. The Kier molecular flexibility index (Phi) is 11.8. The van der Waals surface area contributed by atoms with Gasteiger partial charge >= 0.3 is 6.09 Å². The molecule has 0 saturated carbocycles. The Morgan fingerprint density at radius 2 is 1.53 bits per heavy atom. The fourth-order valence-corrected chi connectivity index (χ4v) is 4.61. The zero-order valence-electron chi connectivity index (χ0n) is 25.8. The fourth-order valence-electron chi connectivity index (χ4n) is 4.36. The molecule has 0 fully saturated rings. The van der Waals surface area contributed by atoms with Crippen LogP contribution in [0.4, 0.5) is 4.79 Å². The molecule has 0 unspecified atom stereocenters. The van der Waals surface area contributed by atoms with Crippen molar-refractivity contribution in [2.45, 2.75) is 39.7 Å². The number of allylic oxidation sites excluding steroid dienone is 1. The molecule has 228 valence electrons. The smallest absolute Gasteiger partial charge is 0.410 e. The summed E-state index contributed by atoms with van der Waals surface area (Å²) in [5.41, 5.74) is 4.33. The van der Waals surface area contributed by atoms with Crippen LogP contribution in [0.25, 0.3) is 11.1 Å². The van der Waals surface area contributed by atoms with Crippen LogP contribution < -0.4 is 4.74 Å². The average Bonchev–Trinajstić information content (AvgIpc) is 2.95. The van der Waals surface area contributed by atoms with Gasteiger partial charge in [0.2, 0.25) is 5.91 Å². The second-order valence-electron chi connectivity index (χ2n) is 11.2. The molecule has 0 aliphatic heterocycles. The molecule has 0 bridgehead atoms. The molecule has 0 heterocycles. The molecule has 0 aliphatic carbocycles. The number of hydrogen-bond donors (Lipinski definition) is 1. The molecule has 0 atom stereocenters. The molecule has 0 radical (unpaired) electrons. The first-order valence-electron chi connectivity index (χ1n) is 14.3. The topological polar surface area (TPSA) is 79.3 Å². The van der Waals surface area contributed by atoms with Gasteiger partial charge in [-0.2, -0.15) is 0 Å². The molecule has 43 heavy (non-hydrogen) atoms. The first kappa shape index (κ1) is 33.3. The van der Waals surface area contributed by atoms with E-state index in [4.69, 9.17) is 21.1 Å². The van der Waals surface area contributed by atoms with Crippen molar-refractivity contribution in [1.29, 1.82) is 0 Å². The summed E-state index contributed by atoms with van der Waals surface area (Å²) in [6, 6.07) is 22.7. The fraction of sp³-hybridized carbons (Fsp3) is 0.314. The van der Waals surface area contributed by atoms with Crippen LogP contribution in [0.2, 0.25) is 5.02 Å². The summed E-state index contributed by atoms with van der Waals surface area (Å²) in [4.78, 5) is 27.7. The Balaban J connectivity index is 1.82. The Morgan fingerprint density at radius 3 is 2.09 bits per heavy atom. The Hall–Kier alpha value is -4.23. The number of phenols is 1. The van der Waals surface area contributed by atoms with Gasteiger partial charge in [-0.15, -0.1) is 0 Å². The summed E-state index contributed by atoms with van der Waals surface area (Å²) in [7, 11) is 3.33. The lowest BCUT2D eigenvalue weighted by Crippen LogP contribution is -2.39. The van der Waals surface area contributed by atoms with Gasteiger partial charge in [-0.05, 0) is 85.4 Å². The number of rotatable bonds is 11. The van der Waals surface area contributed by atoms with Crippen LogP contribution >= 0.6 is 11.6 Å². The number of aromatic hydroxyl groups is 1. The molecule has 0 saturated heterocycles. The van der Waals surface area contributed by atoms with E-state index in [1.165, 1.54) is 15.9 Å². The minimum Gasteiger partial charge on any atom is -0.508 e. The third-order valence-electron chi connectivity index (χ3n) is 6.46. The first-order chi connectivity index (χ1) is 20.4. The summed E-state index contributed by atoms with van der Waals surface area (Å²) >= 11 is 6.61. The zero-order valence-corrected chi connectivity index (χ0v) is 26.5. The van der Waals surface area contributed by atoms with Crippen LogP contribution in [0.3, 0.4) is 0 Å². The van der Waals surface area contributed by atoms with Gasteiger partial charge in [0.25, 0.3) is 0 Å². The molecule has 8 heteroatoms. The summed E-state index contributed by atoms with van der Waals surface area (Å²) in [6.07, 6.45) is 3.34. The quantitative estimate of drug-likeness (QED) is 0.179. The third kappa shape index (κ3) is 9.93. The highest BCUT2D eigenvalue weighted by Crippen LogP contribution is 2.38. The van der Waals surface area contributed by atoms with Gasteiger partial charge in [-0.3, -0.25) is 4.79 Å². The molecule has 7 nitrogen and oxygen atoms in total.